The molecule has 1 heterocycles. The van der Waals surface area contributed by atoms with Crippen molar-refractivity contribution in [3.8, 4) is 0 Å². The van der Waals surface area contributed by atoms with E-state index in [2.05, 4.69) is 17.2 Å². The van der Waals surface area contributed by atoms with E-state index in [4.69, 9.17) is 0 Å². The lowest BCUT2D eigenvalue weighted by atomic mass is 9.97. The molecule has 4 heteroatoms. The smallest absolute Gasteiger partial charge is 0.235 e. The third-order valence-corrected chi connectivity index (χ3v) is 2.90. The van der Waals surface area contributed by atoms with E-state index in [9.17, 15) is 9.59 Å². The molecule has 1 aromatic rings. The van der Waals surface area contributed by atoms with Crippen LogP contribution in [0.15, 0.2) is 24.4 Å². The summed E-state index contributed by atoms with van der Waals surface area (Å²) in [5.74, 6) is -0.953. The fourth-order valence-electron chi connectivity index (χ4n) is 1.93. The van der Waals surface area contributed by atoms with Crippen LogP contribution >= 0.6 is 0 Å². The second-order valence-corrected chi connectivity index (χ2v) is 4.28. The number of carbonyl (C=O) groups is 2. The number of fused-ring (bicyclic) bond motifs is 1. The zero-order valence-corrected chi connectivity index (χ0v) is 10.4. The van der Waals surface area contributed by atoms with E-state index < -0.39 is 11.6 Å². The fraction of sp³-hybridized carbons (Fsp3) is 0.357. The van der Waals surface area contributed by atoms with E-state index in [0.29, 0.717) is 17.0 Å². The average molecular weight is 244 g/mol. The lowest BCUT2D eigenvalue weighted by molar-refractivity contribution is -0.111. The van der Waals surface area contributed by atoms with E-state index in [-0.39, 0.29) is 0 Å². The van der Waals surface area contributed by atoms with Crippen LogP contribution in [-0.2, 0) is 4.79 Å². The Hall–Kier alpha value is -1.97. The van der Waals surface area contributed by atoms with E-state index in [1.807, 2.05) is 0 Å². The highest BCUT2D eigenvalue weighted by Crippen LogP contribution is 2.20. The number of Topliss-reactive ketones (excluding diaryl/α,β-unsaturated/α-hetero) is 1. The van der Waals surface area contributed by atoms with Gasteiger partial charge in [-0.3, -0.25) is 14.6 Å². The first kappa shape index (κ1) is 12.5. The molecule has 0 amide bonds. The van der Waals surface area contributed by atoms with Crippen molar-refractivity contribution in [3.63, 3.8) is 0 Å². The molecule has 0 aliphatic heterocycles. The molecule has 2 rings (SSSR count). The van der Waals surface area contributed by atoms with E-state index in [0.717, 1.165) is 25.8 Å². The van der Waals surface area contributed by atoms with Gasteiger partial charge in [-0.2, -0.15) is 0 Å². The van der Waals surface area contributed by atoms with Gasteiger partial charge in [0.05, 0.1) is 17.0 Å². The van der Waals surface area contributed by atoms with Crippen LogP contribution in [-0.4, -0.2) is 23.1 Å². The maximum absolute atomic E-state index is 11.7. The SMILES string of the molecule is CCCCCNC1=CC(=O)C(=O)c2cccnc21. The summed E-state index contributed by atoms with van der Waals surface area (Å²) >= 11 is 0. The quantitative estimate of drug-likeness (QED) is 0.635. The molecule has 4 nitrogen and oxygen atoms in total. The van der Waals surface area contributed by atoms with Crippen molar-refractivity contribution < 1.29 is 9.59 Å². The van der Waals surface area contributed by atoms with Gasteiger partial charge in [0, 0.05) is 18.8 Å². The molecule has 1 N–H and O–H groups in total. The molecule has 1 aliphatic rings. The van der Waals surface area contributed by atoms with Crippen molar-refractivity contribution in [1.82, 2.24) is 10.3 Å². The number of pyridine rings is 1. The lowest BCUT2D eigenvalue weighted by Crippen LogP contribution is -2.25. The van der Waals surface area contributed by atoms with Crippen molar-refractivity contribution in [2.24, 2.45) is 0 Å². The first-order chi connectivity index (χ1) is 8.74. The highest BCUT2D eigenvalue weighted by Gasteiger charge is 2.26. The van der Waals surface area contributed by atoms with Gasteiger partial charge in [0.2, 0.25) is 11.6 Å². The molecule has 0 atom stereocenters. The number of nitrogens with one attached hydrogen (secondary N) is 1. The summed E-state index contributed by atoms with van der Waals surface area (Å²) in [4.78, 5) is 27.4. The molecule has 0 saturated carbocycles. The zero-order valence-electron chi connectivity index (χ0n) is 10.4. The molecular formula is C14H16N2O2. The van der Waals surface area contributed by atoms with Gasteiger partial charge in [0.1, 0.15) is 0 Å². The van der Waals surface area contributed by atoms with E-state index in [1.54, 1.807) is 18.3 Å². The summed E-state index contributed by atoms with van der Waals surface area (Å²) in [7, 11) is 0. The Kier molecular flexibility index (Phi) is 3.87. The van der Waals surface area contributed by atoms with Gasteiger partial charge in [-0.15, -0.1) is 0 Å². The highest BCUT2D eigenvalue weighted by molar-refractivity contribution is 6.50. The Bertz CT molecular complexity index is 506. The minimum atomic E-state index is -0.478. The number of nitrogens with zero attached hydrogens (tertiary/aromatic N) is 1. The summed E-state index contributed by atoms with van der Waals surface area (Å²) in [5.41, 5.74) is 1.63. The maximum Gasteiger partial charge on any atom is 0.235 e. The molecule has 0 bridgehead atoms. The third-order valence-electron chi connectivity index (χ3n) is 2.90. The van der Waals surface area contributed by atoms with Crippen molar-refractivity contribution in [1.29, 1.82) is 0 Å². The van der Waals surface area contributed by atoms with Gasteiger partial charge < -0.3 is 5.32 Å². The second-order valence-electron chi connectivity index (χ2n) is 4.28. The highest BCUT2D eigenvalue weighted by atomic mass is 16.2. The Morgan fingerprint density at radius 1 is 1.28 bits per heavy atom. The maximum atomic E-state index is 11.7. The van der Waals surface area contributed by atoms with Gasteiger partial charge in [-0.1, -0.05) is 19.8 Å². The minimum Gasteiger partial charge on any atom is -0.383 e. The molecule has 0 radical (unpaired) electrons. The van der Waals surface area contributed by atoms with Gasteiger partial charge in [-0.05, 0) is 18.6 Å². The van der Waals surface area contributed by atoms with Crippen LogP contribution in [0.5, 0.6) is 0 Å². The molecule has 0 spiro atoms. The van der Waals surface area contributed by atoms with Gasteiger partial charge >= 0.3 is 0 Å². The van der Waals surface area contributed by atoms with Crippen molar-refractivity contribution in [2.45, 2.75) is 26.2 Å². The largest absolute Gasteiger partial charge is 0.383 e. The van der Waals surface area contributed by atoms with Crippen LogP contribution in [0.3, 0.4) is 0 Å². The monoisotopic (exact) mass is 244 g/mol. The Morgan fingerprint density at radius 3 is 2.89 bits per heavy atom. The van der Waals surface area contributed by atoms with Gasteiger partial charge in [0.15, 0.2) is 0 Å². The van der Waals surface area contributed by atoms with E-state index in [1.165, 1.54) is 6.08 Å². The topological polar surface area (TPSA) is 59.1 Å². The molecular weight excluding hydrogens is 228 g/mol. The summed E-state index contributed by atoms with van der Waals surface area (Å²) in [5, 5.41) is 3.19. The summed E-state index contributed by atoms with van der Waals surface area (Å²) in [6, 6.07) is 3.31. The number of rotatable bonds is 5. The second kappa shape index (κ2) is 5.58. The molecule has 0 aromatic carbocycles. The number of hydrogen-bond donors (Lipinski definition) is 1. The first-order valence-electron chi connectivity index (χ1n) is 6.23. The summed E-state index contributed by atoms with van der Waals surface area (Å²) in [6.07, 6.45) is 6.31. The van der Waals surface area contributed by atoms with Crippen molar-refractivity contribution in [3.05, 3.63) is 35.7 Å². The zero-order chi connectivity index (χ0) is 13.0. The predicted octanol–water partition coefficient (Wildman–Crippen LogP) is 1.97. The van der Waals surface area contributed by atoms with Crippen LogP contribution in [0.4, 0.5) is 0 Å². The number of aromatic nitrogens is 1. The standard InChI is InChI=1S/C14H16N2O2/c1-2-3-4-7-15-11-9-12(17)14(18)10-6-5-8-16-13(10)11/h5-6,8-9,15H,2-4,7H2,1H3. The summed E-state index contributed by atoms with van der Waals surface area (Å²) < 4.78 is 0. The molecule has 18 heavy (non-hydrogen) atoms. The number of unbranched alkanes of at least 4 members (excludes halogenated alkanes) is 2. The van der Waals surface area contributed by atoms with Crippen molar-refractivity contribution in [2.75, 3.05) is 6.54 Å². The van der Waals surface area contributed by atoms with Gasteiger partial charge in [0.25, 0.3) is 0 Å². The molecule has 1 aromatic heterocycles. The average Bonchev–Trinajstić information content (AvgIpc) is 2.40. The molecule has 0 fully saturated rings. The Morgan fingerprint density at radius 2 is 2.11 bits per heavy atom. The van der Waals surface area contributed by atoms with Crippen LogP contribution in [0, 0.1) is 0 Å². The predicted molar refractivity (Wildman–Crippen MR) is 69.1 cm³/mol. The van der Waals surface area contributed by atoms with Crippen LogP contribution in [0.25, 0.3) is 5.70 Å². The van der Waals surface area contributed by atoms with E-state index >= 15 is 0 Å². The Balaban J connectivity index is 2.17. The number of ketones is 2. The van der Waals surface area contributed by atoms with Crippen molar-refractivity contribution >= 4 is 17.3 Å². The number of carbonyl (C=O) groups excluding carboxylic acids is 2. The third kappa shape index (κ3) is 2.47. The molecule has 94 valence electrons. The Labute approximate surface area is 106 Å². The minimum absolute atomic E-state index is 0.392. The first-order valence-corrected chi connectivity index (χ1v) is 6.23. The lowest BCUT2D eigenvalue weighted by Gasteiger charge is -2.16. The molecule has 0 unspecified atom stereocenters. The molecule has 0 saturated heterocycles. The van der Waals surface area contributed by atoms with Crippen LogP contribution < -0.4 is 5.32 Å². The normalized spacial score (nSPS) is 14.2. The number of hydrogen-bond acceptors (Lipinski definition) is 4. The van der Waals surface area contributed by atoms with Crippen LogP contribution in [0.2, 0.25) is 0 Å². The fourth-order valence-corrected chi connectivity index (χ4v) is 1.93. The molecule has 1 aliphatic carbocycles. The van der Waals surface area contributed by atoms with Gasteiger partial charge in [-0.25, -0.2) is 0 Å². The summed E-state index contributed by atoms with van der Waals surface area (Å²) in [6.45, 7) is 2.93. The van der Waals surface area contributed by atoms with Crippen LogP contribution in [0.1, 0.15) is 42.2 Å². The number of allylic oxidation sites excluding steroid dienone is 1.